The fraction of sp³-hybridized carbons (Fsp3) is 0.545. The lowest BCUT2D eigenvalue weighted by Crippen LogP contribution is -2.37. The van der Waals surface area contributed by atoms with Gasteiger partial charge in [0.15, 0.2) is 0 Å². The molecule has 0 atom stereocenters. The summed E-state index contributed by atoms with van der Waals surface area (Å²) in [6.07, 6.45) is -3.27. The van der Waals surface area contributed by atoms with Crippen molar-refractivity contribution in [2.45, 2.75) is 64.1 Å². The molecule has 0 saturated heterocycles. The molecule has 0 aliphatic heterocycles. The summed E-state index contributed by atoms with van der Waals surface area (Å²) in [6, 6.07) is 4.28. The Kier molecular flexibility index (Phi) is 7.07. The number of anilines is 1. The number of hydrogen-bond donors (Lipinski definition) is 0. The lowest BCUT2D eigenvalue weighted by Gasteiger charge is -2.31. The SMILES string of the molecule is CN(C(=O)OC(C)(C)C)c1cc(=O)n(-c2ccc(Cl)nc2)c([C@H]2CC[C@@H](C(F)(F)F)CC2)n1. The number of carbonyl (C=O) groups excluding carboxylic acids is 1. The summed E-state index contributed by atoms with van der Waals surface area (Å²) in [4.78, 5) is 35.3. The van der Waals surface area contributed by atoms with Crippen LogP contribution in [0.25, 0.3) is 5.69 Å². The van der Waals surface area contributed by atoms with E-state index >= 15 is 0 Å². The van der Waals surface area contributed by atoms with E-state index in [0.29, 0.717) is 5.69 Å². The molecule has 0 aromatic carbocycles. The van der Waals surface area contributed by atoms with Crippen molar-refractivity contribution < 1.29 is 22.7 Å². The Balaban J connectivity index is 2.03. The van der Waals surface area contributed by atoms with Crippen molar-refractivity contribution in [1.29, 1.82) is 0 Å². The number of pyridine rings is 1. The minimum Gasteiger partial charge on any atom is -0.443 e. The topological polar surface area (TPSA) is 77.3 Å². The molecule has 2 aromatic rings. The largest absolute Gasteiger partial charge is 0.443 e. The summed E-state index contributed by atoms with van der Waals surface area (Å²) in [5.41, 5.74) is -0.863. The van der Waals surface area contributed by atoms with Gasteiger partial charge in [-0.15, -0.1) is 0 Å². The van der Waals surface area contributed by atoms with E-state index in [1.54, 1.807) is 26.8 Å². The maximum atomic E-state index is 13.2. The van der Waals surface area contributed by atoms with Gasteiger partial charge in [-0.25, -0.2) is 14.8 Å². The Morgan fingerprint density at radius 1 is 1.18 bits per heavy atom. The van der Waals surface area contributed by atoms with Crippen LogP contribution in [0.3, 0.4) is 0 Å². The molecule has 0 bridgehead atoms. The molecular weight excluding hydrogens is 461 g/mol. The number of nitrogens with zero attached hydrogens (tertiary/aromatic N) is 4. The predicted octanol–water partition coefficient (Wildman–Crippen LogP) is 5.49. The minimum absolute atomic E-state index is 0.0559. The van der Waals surface area contributed by atoms with Gasteiger partial charge in [-0.3, -0.25) is 14.3 Å². The molecule has 0 spiro atoms. The van der Waals surface area contributed by atoms with Crippen LogP contribution in [0.15, 0.2) is 29.2 Å². The predicted molar refractivity (Wildman–Crippen MR) is 118 cm³/mol. The summed E-state index contributed by atoms with van der Waals surface area (Å²) in [6.45, 7) is 5.13. The zero-order valence-corrected chi connectivity index (χ0v) is 19.6. The molecule has 2 heterocycles. The van der Waals surface area contributed by atoms with Gasteiger partial charge in [0.2, 0.25) is 0 Å². The smallest absolute Gasteiger partial charge is 0.415 e. The number of amides is 1. The zero-order valence-electron chi connectivity index (χ0n) is 18.8. The van der Waals surface area contributed by atoms with Crippen LogP contribution in [-0.4, -0.2) is 39.5 Å². The molecule has 3 rings (SSSR count). The second kappa shape index (κ2) is 9.32. The fourth-order valence-electron chi connectivity index (χ4n) is 3.80. The third-order valence-electron chi connectivity index (χ3n) is 5.47. The molecule has 2 aromatic heterocycles. The van der Waals surface area contributed by atoms with E-state index in [9.17, 15) is 22.8 Å². The summed E-state index contributed by atoms with van der Waals surface area (Å²) >= 11 is 5.86. The van der Waals surface area contributed by atoms with Crippen LogP contribution < -0.4 is 10.5 Å². The van der Waals surface area contributed by atoms with E-state index in [-0.39, 0.29) is 42.5 Å². The highest BCUT2D eigenvalue weighted by Crippen LogP contribution is 2.42. The third-order valence-corrected chi connectivity index (χ3v) is 5.69. The summed E-state index contributed by atoms with van der Waals surface area (Å²) < 4.78 is 46.1. The first kappa shape index (κ1) is 25.0. The van der Waals surface area contributed by atoms with E-state index < -0.39 is 35.3 Å². The van der Waals surface area contributed by atoms with Gasteiger partial charge in [0, 0.05) is 19.0 Å². The molecule has 0 unspecified atom stereocenters. The number of rotatable bonds is 3. The van der Waals surface area contributed by atoms with Crippen molar-refractivity contribution in [2.24, 2.45) is 5.92 Å². The molecule has 180 valence electrons. The second-order valence-corrected chi connectivity index (χ2v) is 9.50. The molecule has 1 saturated carbocycles. The molecule has 1 amide bonds. The lowest BCUT2D eigenvalue weighted by molar-refractivity contribution is -0.182. The monoisotopic (exact) mass is 486 g/mol. The fourth-order valence-corrected chi connectivity index (χ4v) is 3.91. The first-order chi connectivity index (χ1) is 15.3. The number of carbonyl (C=O) groups is 1. The van der Waals surface area contributed by atoms with Gasteiger partial charge < -0.3 is 4.74 Å². The Hall–Kier alpha value is -2.62. The van der Waals surface area contributed by atoms with Crippen LogP contribution >= 0.6 is 11.6 Å². The average molecular weight is 487 g/mol. The van der Waals surface area contributed by atoms with Crippen molar-refractivity contribution >= 4 is 23.5 Å². The first-order valence-electron chi connectivity index (χ1n) is 10.6. The standard InChI is InChI=1S/C22H26ClF3N4O3/c1-21(2,3)33-20(32)29(4)17-11-18(31)30(15-9-10-16(23)27-12-15)19(28-17)13-5-7-14(8-6-13)22(24,25)26/h9-14H,5-8H2,1-4H3/t13-,14+. The van der Waals surface area contributed by atoms with Crippen molar-refractivity contribution in [3.05, 3.63) is 45.7 Å². The van der Waals surface area contributed by atoms with Gasteiger partial charge in [-0.1, -0.05) is 11.6 Å². The number of ether oxygens (including phenoxy) is 1. The molecule has 1 aliphatic carbocycles. The van der Waals surface area contributed by atoms with Crippen LogP contribution in [0.5, 0.6) is 0 Å². The van der Waals surface area contributed by atoms with Crippen LogP contribution in [0, 0.1) is 5.92 Å². The first-order valence-corrected chi connectivity index (χ1v) is 10.9. The minimum atomic E-state index is -4.25. The van der Waals surface area contributed by atoms with Gasteiger partial charge in [0.25, 0.3) is 5.56 Å². The Morgan fingerprint density at radius 2 is 1.82 bits per heavy atom. The van der Waals surface area contributed by atoms with E-state index in [2.05, 4.69) is 9.97 Å². The molecule has 0 radical (unpaired) electrons. The van der Waals surface area contributed by atoms with Crippen molar-refractivity contribution in [1.82, 2.24) is 14.5 Å². The van der Waals surface area contributed by atoms with E-state index in [4.69, 9.17) is 16.3 Å². The summed E-state index contributed by atoms with van der Waals surface area (Å²) in [7, 11) is 1.42. The van der Waals surface area contributed by atoms with Crippen molar-refractivity contribution in [3.63, 3.8) is 0 Å². The highest BCUT2D eigenvalue weighted by molar-refractivity contribution is 6.29. The number of hydrogen-bond acceptors (Lipinski definition) is 5. The van der Waals surface area contributed by atoms with Crippen LogP contribution in [-0.2, 0) is 4.74 Å². The molecule has 11 heteroatoms. The van der Waals surface area contributed by atoms with Gasteiger partial charge in [-0.2, -0.15) is 13.2 Å². The number of aromatic nitrogens is 3. The summed E-state index contributed by atoms with van der Waals surface area (Å²) in [5.74, 6) is -1.45. The van der Waals surface area contributed by atoms with Crippen LogP contribution in [0.2, 0.25) is 5.15 Å². The van der Waals surface area contributed by atoms with Gasteiger partial charge >= 0.3 is 12.3 Å². The van der Waals surface area contributed by atoms with E-state index in [0.717, 1.165) is 4.90 Å². The molecular formula is C22H26ClF3N4O3. The average Bonchev–Trinajstić information content (AvgIpc) is 2.71. The van der Waals surface area contributed by atoms with Crippen molar-refractivity contribution in [2.75, 3.05) is 11.9 Å². The number of halogens is 4. The Morgan fingerprint density at radius 3 is 2.33 bits per heavy atom. The van der Waals surface area contributed by atoms with Gasteiger partial charge in [0.1, 0.15) is 22.4 Å². The molecule has 1 aliphatic rings. The second-order valence-electron chi connectivity index (χ2n) is 9.11. The quantitative estimate of drug-likeness (QED) is 0.536. The molecule has 33 heavy (non-hydrogen) atoms. The maximum absolute atomic E-state index is 13.2. The van der Waals surface area contributed by atoms with Crippen LogP contribution in [0.1, 0.15) is 58.2 Å². The lowest BCUT2D eigenvalue weighted by atomic mass is 9.81. The Labute approximate surface area is 194 Å². The highest BCUT2D eigenvalue weighted by Gasteiger charge is 2.42. The normalized spacial score (nSPS) is 19.3. The zero-order chi connectivity index (χ0) is 24.6. The number of alkyl halides is 3. The molecule has 7 nitrogen and oxygen atoms in total. The third kappa shape index (κ3) is 6.04. The van der Waals surface area contributed by atoms with E-state index in [1.807, 2.05) is 0 Å². The molecule has 0 N–H and O–H groups in total. The van der Waals surface area contributed by atoms with Crippen LogP contribution in [0.4, 0.5) is 23.8 Å². The van der Waals surface area contributed by atoms with E-state index in [1.165, 1.54) is 29.9 Å². The molecule has 1 fully saturated rings. The van der Waals surface area contributed by atoms with Gasteiger partial charge in [0.05, 0.1) is 17.8 Å². The maximum Gasteiger partial charge on any atom is 0.415 e. The summed E-state index contributed by atoms with van der Waals surface area (Å²) in [5, 5.41) is 0.230. The van der Waals surface area contributed by atoms with Crippen molar-refractivity contribution in [3.8, 4) is 5.69 Å². The Bertz CT molecular complexity index is 1060. The highest BCUT2D eigenvalue weighted by atomic mass is 35.5. The van der Waals surface area contributed by atoms with Gasteiger partial charge in [-0.05, 0) is 58.6 Å².